The number of benzene rings is 1. The predicted molar refractivity (Wildman–Crippen MR) is 80.1 cm³/mol. The van der Waals surface area contributed by atoms with Gasteiger partial charge in [0.1, 0.15) is 0 Å². The summed E-state index contributed by atoms with van der Waals surface area (Å²) in [4.78, 5) is 2.07. The van der Waals surface area contributed by atoms with Crippen LogP contribution >= 0.6 is 0 Å². The van der Waals surface area contributed by atoms with Gasteiger partial charge < -0.3 is 16.0 Å². The SMILES string of the molecule is CN(C)CC(N)CNc1ccccc1C(C)(C)C#N. The van der Waals surface area contributed by atoms with Gasteiger partial charge in [-0.05, 0) is 39.6 Å². The van der Waals surface area contributed by atoms with E-state index in [0.717, 1.165) is 17.8 Å². The molecule has 0 heterocycles. The van der Waals surface area contributed by atoms with E-state index in [0.29, 0.717) is 6.54 Å². The van der Waals surface area contributed by atoms with Crippen LogP contribution < -0.4 is 11.1 Å². The minimum absolute atomic E-state index is 0.0632. The second kappa shape index (κ2) is 6.55. The molecule has 3 N–H and O–H groups in total. The molecule has 4 nitrogen and oxygen atoms in total. The maximum atomic E-state index is 9.26. The zero-order chi connectivity index (χ0) is 14.5. The highest BCUT2D eigenvalue weighted by atomic mass is 15.1. The fourth-order valence-corrected chi connectivity index (χ4v) is 2.02. The second-order valence-electron chi connectivity index (χ2n) is 5.69. The summed E-state index contributed by atoms with van der Waals surface area (Å²) in [5.74, 6) is 0. The molecule has 0 radical (unpaired) electrons. The number of anilines is 1. The Morgan fingerprint density at radius 1 is 1.37 bits per heavy atom. The Bertz CT molecular complexity index is 446. The van der Waals surface area contributed by atoms with E-state index in [9.17, 15) is 5.26 Å². The third kappa shape index (κ3) is 4.55. The Hall–Kier alpha value is -1.57. The van der Waals surface area contributed by atoms with Crippen molar-refractivity contribution in [1.82, 2.24) is 4.90 Å². The number of nitriles is 1. The Morgan fingerprint density at radius 3 is 2.58 bits per heavy atom. The van der Waals surface area contributed by atoms with Crippen molar-refractivity contribution in [3.63, 3.8) is 0 Å². The maximum Gasteiger partial charge on any atom is 0.0786 e. The first kappa shape index (κ1) is 15.5. The molecule has 0 amide bonds. The molecule has 1 aromatic rings. The van der Waals surface area contributed by atoms with Crippen LogP contribution in [0.5, 0.6) is 0 Å². The predicted octanol–water partition coefficient (Wildman–Crippen LogP) is 1.79. The van der Waals surface area contributed by atoms with E-state index in [1.807, 2.05) is 52.2 Å². The minimum atomic E-state index is -0.505. The number of nitrogens with one attached hydrogen (secondary N) is 1. The highest BCUT2D eigenvalue weighted by Gasteiger charge is 2.22. The van der Waals surface area contributed by atoms with Gasteiger partial charge in [-0.25, -0.2) is 0 Å². The Kier molecular flexibility index (Phi) is 5.34. The number of nitrogens with zero attached hydrogens (tertiary/aromatic N) is 2. The van der Waals surface area contributed by atoms with Gasteiger partial charge in [0.2, 0.25) is 0 Å². The van der Waals surface area contributed by atoms with Gasteiger partial charge in [-0.3, -0.25) is 0 Å². The number of hydrogen-bond donors (Lipinski definition) is 2. The van der Waals surface area contributed by atoms with Crippen LogP contribution in [0.25, 0.3) is 0 Å². The molecule has 0 spiro atoms. The number of para-hydroxylation sites is 1. The minimum Gasteiger partial charge on any atom is -0.383 e. The summed E-state index contributed by atoms with van der Waals surface area (Å²) in [5, 5.41) is 12.6. The molecule has 1 unspecified atom stereocenters. The fraction of sp³-hybridized carbons (Fsp3) is 0.533. The smallest absolute Gasteiger partial charge is 0.0786 e. The lowest BCUT2D eigenvalue weighted by atomic mass is 9.85. The van der Waals surface area contributed by atoms with Crippen LogP contribution in [0.4, 0.5) is 5.69 Å². The van der Waals surface area contributed by atoms with Gasteiger partial charge in [0, 0.05) is 24.8 Å². The lowest BCUT2D eigenvalue weighted by Gasteiger charge is -2.23. The number of hydrogen-bond acceptors (Lipinski definition) is 4. The van der Waals surface area contributed by atoms with Crippen LogP contribution in [-0.4, -0.2) is 38.1 Å². The first-order valence-electron chi connectivity index (χ1n) is 6.51. The lowest BCUT2D eigenvalue weighted by Crippen LogP contribution is -2.38. The van der Waals surface area contributed by atoms with Crippen LogP contribution in [0.1, 0.15) is 19.4 Å². The Morgan fingerprint density at radius 2 is 2.00 bits per heavy atom. The van der Waals surface area contributed by atoms with Gasteiger partial charge in [0.25, 0.3) is 0 Å². The second-order valence-corrected chi connectivity index (χ2v) is 5.69. The highest BCUT2D eigenvalue weighted by molar-refractivity contribution is 5.56. The summed E-state index contributed by atoms with van der Waals surface area (Å²) in [6, 6.07) is 10.3. The highest BCUT2D eigenvalue weighted by Crippen LogP contribution is 2.29. The maximum absolute atomic E-state index is 9.26. The molecule has 0 aliphatic rings. The van der Waals surface area contributed by atoms with Crippen molar-refractivity contribution in [1.29, 1.82) is 5.26 Å². The molecule has 4 heteroatoms. The average molecular weight is 260 g/mol. The summed E-state index contributed by atoms with van der Waals surface area (Å²) in [6.07, 6.45) is 0. The molecule has 1 rings (SSSR count). The van der Waals surface area contributed by atoms with Gasteiger partial charge >= 0.3 is 0 Å². The van der Waals surface area contributed by atoms with E-state index in [4.69, 9.17) is 5.73 Å². The van der Waals surface area contributed by atoms with Crippen molar-refractivity contribution in [3.05, 3.63) is 29.8 Å². The monoisotopic (exact) mass is 260 g/mol. The van der Waals surface area contributed by atoms with E-state index in [-0.39, 0.29) is 6.04 Å². The molecule has 0 aliphatic carbocycles. The number of likely N-dealkylation sites (N-methyl/N-ethyl adjacent to an activating group) is 1. The topological polar surface area (TPSA) is 65.1 Å². The summed E-state index contributed by atoms with van der Waals surface area (Å²) in [7, 11) is 4.01. The van der Waals surface area contributed by atoms with E-state index < -0.39 is 5.41 Å². The first-order chi connectivity index (χ1) is 8.86. The van der Waals surface area contributed by atoms with Gasteiger partial charge in [-0.1, -0.05) is 18.2 Å². The molecule has 19 heavy (non-hydrogen) atoms. The first-order valence-corrected chi connectivity index (χ1v) is 6.51. The molecule has 0 fully saturated rings. The Balaban J connectivity index is 2.77. The number of nitrogens with two attached hydrogens (primary N) is 1. The summed E-state index contributed by atoms with van der Waals surface area (Å²) in [5.41, 5.74) is 7.54. The zero-order valence-electron chi connectivity index (χ0n) is 12.3. The molecule has 0 aliphatic heterocycles. The zero-order valence-corrected chi connectivity index (χ0v) is 12.3. The Labute approximate surface area is 116 Å². The van der Waals surface area contributed by atoms with Crippen molar-refractivity contribution < 1.29 is 0 Å². The lowest BCUT2D eigenvalue weighted by molar-refractivity contribution is 0.378. The summed E-state index contributed by atoms with van der Waals surface area (Å²) in [6.45, 7) is 5.37. The van der Waals surface area contributed by atoms with E-state index in [1.54, 1.807) is 0 Å². The normalized spacial score (nSPS) is 13.1. The van der Waals surface area contributed by atoms with Crippen LogP contribution in [0.3, 0.4) is 0 Å². The third-order valence-electron chi connectivity index (χ3n) is 3.03. The van der Waals surface area contributed by atoms with Crippen molar-refractivity contribution in [2.24, 2.45) is 5.73 Å². The average Bonchev–Trinajstić information content (AvgIpc) is 2.36. The van der Waals surface area contributed by atoms with Crippen LogP contribution in [0, 0.1) is 11.3 Å². The van der Waals surface area contributed by atoms with Gasteiger partial charge in [0.15, 0.2) is 0 Å². The third-order valence-corrected chi connectivity index (χ3v) is 3.03. The largest absolute Gasteiger partial charge is 0.383 e. The van der Waals surface area contributed by atoms with Crippen LogP contribution in [-0.2, 0) is 5.41 Å². The molecule has 1 atom stereocenters. The molecule has 0 saturated carbocycles. The standard InChI is InChI=1S/C15H24N4/c1-15(2,11-16)13-7-5-6-8-14(13)18-9-12(17)10-19(3)4/h5-8,12,18H,9-10,17H2,1-4H3. The molecular weight excluding hydrogens is 236 g/mol. The molecule has 0 saturated heterocycles. The fourth-order valence-electron chi connectivity index (χ4n) is 2.02. The molecular formula is C15H24N4. The van der Waals surface area contributed by atoms with Crippen LogP contribution in [0.15, 0.2) is 24.3 Å². The van der Waals surface area contributed by atoms with Crippen molar-refractivity contribution in [2.45, 2.75) is 25.3 Å². The van der Waals surface area contributed by atoms with Gasteiger partial charge in [-0.2, -0.15) is 5.26 Å². The van der Waals surface area contributed by atoms with E-state index >= 15 is 0 Å². The molecule has 0 aromatic heterocycles. The van der Waals surface area contributed by atoms with Gasteiger partial charge in [0.05, 0.1) is 11.5 Å². The van der Waals surface area contributed by atoms with Crippen molar-refractivity contribution >= 4 is 5.69 Å². The van der Waals surface area contributed by atoms with Crippen molar-refractivity contribution in [2.75, 3.05) is 32.5 Å². The quantitative estimate of drug-likeness (QED) is 0.818. The molecule has 1 aromatic carbocycles. The summed E-state index contributed by atoms with van der Waals surface area (Å²) >= 11 is 0. The van der Waals surface area contributed by atoms with Gasteiger partial charge in [-0.15, -0.1) is 0 Å². The van der Waals surface area contributed by atoms with E-state index in [2.05, 4.69) is 16.3 Å². The molecule has 0 bridgehead atoms. The van der Waals surface area contributed by atoms with Crippen LogP contribution in [0.2, 0.25) is 0 Å². The summed E-state index contributed by atoms with van der Waals surface area (Å²) < 4.78 is 0. The van der Waals surface area contributed by atoms with E-state index in [1.165, 1.54) is 0 Å². The van der Waals surface area contributed by atoms with Crippen molar-refractivity contribution in [3.8, 4) is 6.07 Å². The number of rotatable bonds is 6. The molecule has 104 valence electrons.